The first-order valence-electron chi connectivity index (χ1n) is 8.17. The SMILES string of the molecule is Nc1ccccc1C(=O)N1CCCC(c2nnc3ccccn23)C1. The zero-order valence-corrected chi connectivity index (χ0v) is 13.3. The summed E-state index contributed by atoms with van der Waals surface area (Å²) in [5, 5.41) is 8.58. The Hall–Kier alpha value is -2.89. The first-order valence-corrected chi connectivity index (χ1v) is 8.17. The Labute approximate surface area is 139 Å². The minimum absolute atomic E-state index is 0.00776. The van der Waals surface area contributed by atoms with Crippen molar-refractivity contribution in [3.63, 3.8) is 0 Å². The molecule has 0 radical (unpaired) electrons. The van der Waals surface area contributed by atoms with Crippen LogP contribution in [0.25, 0.3) is 5.65 Å². The molecule has 3 aromatic rings. The Bertz CT molecular complexity index is 888. The van der Waals surface area contributed by atoms with Crippen molar-refractivity contribution in [2.75, 3.05) is 18.8 Å². The normalized spacial score (nSPS) is 18.0. The Morgan fingerprint density at radius 1 is 1.12 bits per heavy atom. The van der Waals surface area contributed by atoms with Gasteiger partial charge in [0, 0.05) is 30.9 Å². The summed E-state index contributed by atoms with van der Waals surface area (Å²) < 4.78 is 2.01. The molecule has 1 saturated heterocycles. The van der Waals surface area contributed by atoms with Crippen LogP contribution in [0.4, 0.5) is 5.69 Å². The van der Waals surface area contributed by atoms with Crippen molar-refractivity contribution in [3.05, 3.63) is 60.0 Å². The molecule has 1 atom stereocenters. The van der Waals surface area contributed by atoms with Gasteiger partial charge in [0.25, 0.3) is 5.91 Å². The fraction of sp³-hybridized carbons (Fsp3) is 0.278. The highest BCUT2D eigenvalue weighted by Gasteiger charge is 2.28. The van der Waals surface area contributed by atoms with Gasteiger partial charge in [-0.2, -0.15) is 0 Å². The molecule has 6 heteroatoms. The third kappa shape index (κ3) is 2.50. The van der Waals surface area contributed by atoms with Gasteiger partial charge in [-0.15, -0.1) is 10.2 Å². The van der Waals surface area contributed by atoms with Crippen molar-refractivity contribution >= 4 is 17.2 Å². The molecule has 0 saturated carbocycles. The lowest BCUT2D eigenvalue weighted by molar-refractivity contribution is 0.0705. The molecule has 1 aromatic carbocycles. The first kappa shape index (κ1) is 14.7. The molecule has 0 spiro atoms. The van der Waals surface area contributed by atoms with Gasteiger partial charge in [-0.1, -0.05) is 18.2 Å². The summed E-state index contributed by atoms with van der Waals surface area (Å²) in [5.74, 6) is 1.10. The molecule has 3 heterocycles. The number of rotatable bonds is 2. The van der Waals surface area contributed by atoms with Crippen molar-refractivity contribution < 1.29 is 4.79 Å². The number of carbonyl (C=O) groups excluding carboxylic acids is 1. The number of nitrogens with two attached hydrogens (primary N) is 1. The molecule has 2 N–H and O–H groups in total. The largest absolute Gasteiger partial charge is 0.398 e. The second-order valence-electron chi connectivity index (χ2n) is 6.16. The number of hydrogen-bond acceptors (Lipinski definition) is 4. The summed E-state index contributed by atoms with van der Waals surface area (Å²) in [6.45, 7) is 1.39. The second-order valence-corrected chi connectivity index (χ2v) is 6.16. The Balaban J connectivity index is 1.60. The van der Waals surface area contributed by atoms with Crippen LogP contribution in [-0.4, -0.2) is 38.5 Å². The van der Waals surface area contributed by atoms with Gasteiger partial charge in [-0.05, 0) is 37.1 Å². The second kappa shape index (κ2) is 5.96. The quantitative estimate of drug-likeness (QED) is 0.735. The lowest BCUT2D eigenvalue weighted by atomic mass is 9.96. The lowest BCUT2D eigenvalue weighted by Gasteiger charge is -2.32. The molecule has 24 heavy (non-hydrogen) atoms. The number of hydrogen-bond donors (Lipinski definition) is 1. The first-order chi connectivity index (χ1) is 11.7. The molecule has 1 amide bonds. The van der Waals surface area contributed by atoms with E-state index < -0.39 is 0 Å². The van der Waals surface area contributed by atoms with Crippen molar-refractivity contribution in [1.82, 2.24) is 19.5 Å². The highest BCUT2D eigenvalue weighted by Crippen LogP contribution is 2.27. The summed E-state index contributed by atoms with van der Waals surface area (Å²) in [5.41, 5.74) is 7.89. The minimum Gasteiger partial charge on any atom is -0.398 e. The zero-order chi connectivity index (χ0) is 16.5. The van der Waals surface area contributed by atoms with E-state index in [-0.39, 0.29) is 11.8 Å². The summed E-state index contributed by atoms with van der Waals surface area (Å²) in [7, 11) is 0. The highest BCUT2D eigenvalue weighted by atomic mass is 16.2. The van der Waals surface area contributed by atoms with E-state index in [1.54, 1.807) is 12.1 Å². The number of benzene rings is 1. The molecular weight excluding hydrogens is 302 g/mol. The Morgan fingerprint density at radius 2 is 1.96 bits per heavy atom. The van der Waals surface area contributed by atoms with Gasteiger partial charge in [-0.3, -0.25) is 9.20 Å². The van der Waals surface area contributed by atoms with E-state index in [1.807, 2.05) is 45.8 Å². The van der Waals surface area contributed by atoms with Gasteiger partial charge >= 0.3 is 0 Å². The third-order valence-corrected chi connectivity index (χ3v) is 4.61. The zero-order valence-electron chi connectivity index (χ0n) is 13.3. The van der Waals surface area contributed by atoms with E-state index in [2.05, 4.69) is 10.2 Å². The van der Waals surface area contributed by atoms with Crippen LogP contribution in [0, 0.1) is 0 Å². The molecule has 4 rings (SSSR count). The number of piperidine rings is 1. The van der Waals surface area contributed by atoms with Crippen LogP contribution in [0.15, 0.2) is 48.7 Å². The number of aromatic nitrogens is 3. The summed E-state index contributed by atoms with van der Waals surface area (Å²) in [6.07, 6.45) is 3.93. The number of anilines is 1. The predicted molar refractivity (Wildman–Crippen MR) is 91.7 cm³/mol. The number of carbonyl (C=O) groups is 1. The van der Waals surface area contributed by atoms with E-state index in [0.717, 1.165) is 30.9 Å². The van der Waals surface area contributed by atoms with Crippen molar-refractivity contribution in [2.45, 2.75) is 18.8 Å². The fourth-order valence-corrected chi connectivity index (χ4v) is 3.37. The van der Waals surface area contributed by atoms with Crippen LogP contribution >= 0.6 is 0 Å². The number of para-hydroxylation sites is 1. The molecule has 0 bridgehead atoms. The van der Waals surface area contributed by atoms with Crippen molar-refractivity contribution in [3.8, 4) is 0 Å². The molecule has 1 fully saturated rings. The lowest BCUT2D eigenvalue weighted by Crippen LogP contribution is -2.39. The standard InChI is InChI=1S/C18H19N5O/c19-15-8-2-1-7-14(15)18(24)22-10-5-6-13(12-22)17-21-20-16-9-3-4-11-23(16)17/h1-4,7-9,11,13H,5-6,10,12,19H2. The minimum atomic E-state index is -0.00776. The molecular formula is C18H19N5O. The highest BCUT2D eigenvalue weighted by molar-refractivity contribution is 5.99. The molecule has 6 nitrogen and oxygen atoms in total. The monoisotopic (exact) mass is 321 g/mol. The number of likely N-dealkylation sites (tertiary alicyclic amines) is 1. The molecule has 1 aliphatic heterocycles. The van der Waals surface area contributed by atoms with E-state index in [1.165, 1.54) is 0 Å². The third-order valence-electron chi connectivity index (χ3n) is 4.61. The van der Waals surface area contributed by atoms with Gasteiger partial charge in [0.15, 0.2) is 5.65 Å². The topological polar surface area (TPSA) is 76.5 Å². The number of fused-ring (bicyclic) bond motifs is 1. The molecule has 1 unspecified atom stereocenters. The molecule has 2 aromatic heterocycles. The molecule has 122 valence electrons. The van der Waals surface area contributed by atoms with E-state index in [4.69, 9.17) is 5.73 Å². The van der Waals surface area contributed by atoms with Gasteiger partial charge in [-0.25, -0.2) is 0 Å². The van der Waals surface area contributed by atoms with Gasteiger partial charge in [0.05, 0.1) is 5.56 Å². The average molecular weight is 321 g/mol. The van der Waals surface area contributed by atoms with E-state index >= 15 is 0 Å². The van der Waals surface area contributed by atoms with Crippen LogP contribution < -0.4 is 5.73 Å². The number of pyridine rings is 1. The molecule has 0 aliphatic carbocycles. The maximum atomic E-state index is 12.8. The summed E-state index contributed by atoms with van der Waals surface area (Å²) in [6, 6.07) is 13.1. The summed E-state index contributed by atoms with van der Waals surface area (Å²) >= 11 is 0. The maximum absolute atomic E-state index is 12.8. The Morgan fingerprint density at radius 3 is 2.83 bits per heavy atom. The number of amides is 1. The van der Waals surface area contributed by atoms with Crippen molar-refractivity contribution in [1.29, 1.82) is 0 Å². The maximum Gasteiger partial charge on any atom is 0.255 e. The van der Waals surface area contributed by atoms with E-state index in [9.17, 15) is 4.79 Å². The van der Waals surface area contributed by atoms with Crippen LogP contribution in [0.1, 0.15) is 34.9 Å². The van der Waals surface area contributed by atoms with Gasteiger partial charge in [0.1, 0.15) is 5.82 Å². The van der Waals surface area contributed by atoms with Crippen LogP contribution in [0.3, 0.4) is 0 Å². The van der Waals surface area contributed by atoms with E-state index in [0.29, 0.717) is 17.8 Å². The van der Waals surface area contributed by atoms with Crippen molar-refractivity contribution in [2.24, 2.45) is 0 Å². The van der Waals surface area contributed by atoms with Crippen LogP contribution in [0.5, 0.6) is 0 Å². The Kier molecular flexibility index (Phi) is 3.65. The van der Waals surface area contributed by atoms with Gasteiger partial charge < -0.3 is 10.6 Å². The number of nitrogen functional groups attached to an aromatic ring is 1. The molecule has 1 aliphatic rings. The van der Waals surface area contributed by atoms with Gasteiger partial charge in [0.2, 0.25) is 0 Å². The average Bonchev–Trinajstić information content (AvgIpc) is 3.06. The number of nitrogens with zero attached hydrogens (tertiary/aromatic N) is 4. The fourth-order valence-electron chi connectivity index (χ4n) is 3.37. The van der Waals surface area contributed by atoms with Crippen LogP contribution in [0.2, 0.25) is 0 Å². The summed E-state index contributed by atoms with van der Waals surface area (Å²) in [4.78, 5) is 14.7. The predicted octanol–water partition coefficient (Wildman–Crippen LogP) is 2.33. The van der Waals surface area contributed by atoms with Crippen LogP contribution in [-0.2, 0) is 0 Å². The smallest absolute Gasteiger partial charge is 0.255 e.